The number of benzene rings is 2. The minimum absolute atomic E-state index is 0.270. The number of nitrogens with zero attached hydrogens (tertiary/aromatic N) is 2. The molecule has 2 heterocycles. The predicted molar refractivity (Wildman–Crippen MR) is 114 cm³/mol. The number of fused-ring (bicyclic) bond motifs is 1. The van der Waals surface area contributed by atoms with Crippen LogP contribution in [0, 0.1) is 12.7 Å². The van der Waals surface area contributed by atoms with E-state index in [1.165, 1.54) is 46.5 Å². The average Bonchev–Trinajstić information content (AvgIpc) is 3.15. The standard InChI is InChI=1S/C22H18FN3O2S/c1-13-3-5-15(6-4-13)18-11-29-21-19(18)22(28)26(12-24-21)14(2)20(27)25-17-9-7-16(23)8-10-17/h3-12,14H,1-2H3,(H,25,27). The van der Waals surface area contributed by atoms with Crippen molar-refractivity contribution in [2.75, 3.05) is 5.32 Å². The Morgan fingerprint density at radius 3 is 2.52 bits per heavy atom. The first-order valence-corrected chi connectivity index (χ1v) is 9.94. The highest BCUT2D eigenvalue weighted by molar-refractivity contribution is 7.17. The van der Waals surface area contributed by atoms with E-state index in [1.807, 2.05) is 36.6 Å². The van der Waals surface area contributed by atoms with Gasteiger partial charge in [0.05, 0.1) is 11.7 Å². The fourth-order valence-corrected chi connectivity index (χ4v) is 3.98. The number of nitrogens with one attached hydrogen (secondary N) is 1. The maximum atomic E-state index is 13.2. The lowest BCUT2D eigenvalue weighted by Gasteiger charge is -2.15. The maximum absolute atomic E-state index is 13.2. The van der Waals surface area contributed by atoms with Gasteiger partial charge in [-0.2, -0.15) is 0 Å². The monoisotopic (exact) mass is 407 g/mol. The van der Waals surface area contributed by atoms with E-state index in [4.69, 9.17) is 0 Å². The molecule has 0 aliphatic carbocycles. The topological polar surface area (TPSA) is 64.0 Å². The Morgan fingerprint density at radius 2 is 1.83 bits per heavy atom. The lowest BCUT2D eigenvalue weighted by molar-refractivity contribution is -0.118. The van der Waals surface area contributed by atoms with Gasteiger partial charge in [-0.1, -0.05) is 29.8 Å². The molecule has 1 amide bonds. The van der Waals surface area contributed by atoms with Gasteiger partial charge in [-0.05, 0) is 43.7 Å². The second-order valence-electron chi connectivity index (χ2n) is 6.82. The Bertz CT molecular complexity index is 1240. The molecule has 0 saturated carbocycles. The molecule has 5 nitrogen and oxygen atoms in total. The fourth-order valence-electron chi connectivity index (χ4n) is 3.07. The van der Waals surface area contributed by atoms with Gasteiger partial charge in [0.15, 0.2) is 0 Å². The second-order valence-corrected chi connectivity index (χ2v) is 7.68. The van der Waals surface area contributed by atoms with Gasteiger partial charge in [0, 0.05) is 16.6 Å². The molecule has 146 valence electrons. The number of aromatic nitrogens is 2. The number of hydrogen-bond donors (Lipinski definition) is 1. The Kier molecular flexibility index (Phi) is 4.98. The van der Waals surface area contributed by atoms with E-state index in [9.17, 15) is 14.0 Å². The normalized spacial score (nSPS) is 12.1. The zero-order chi connectivity index (χ0) is 20.5. The summed E-state index contributed by atoms with van der Waals surface area (Å²) in [5, 5.41) is 5.12. The van der Waals surface area contributed by atoms with E-state index in [2.05, 4.69) is 10.3 Å². The highest BCUT2D eigenvalue weighted by Crippen LogP contribution is 2.31. The molecule has 1 N–H and O–H groups in total. The van der Waals surface area contributed by atoms with Gasteiger partial charge in [0.25, 0.3) is 5.56 Å². The van der Waals surface area contributed by atoms with Crippen molar-refractivity contribution in [1.82, 2.24) is 9.55 Å². The van der Waals surface area contributed by atoms with Gasteiger partial charge >= 0.3 is 0 Å². The van der Waals surface area contributed by atoms with E-state index in [0.29, 0.717) is 15.9 Å². The summed E-state index contributed by atoms with van der Waals surface area (Å²) in [6.07, 6.45) is 1.40. The molecule has 0 bridgehead atoms. The quantitative estimate of drug-likeness (QED) is 0.530. The maximum Gasteiger partial charge on any atom is 0.263 e. The van der Waals surface area contributed by atoms with Crippen molar-refractivity contribution in [2.45, 2.75) is 19.9 Å². The number of carbonyl (C=O) groups is 1. The number of halogens is 1. The molecule has 0 spiro atoms. The minimum Gasteiger partial charge on any atom is -0.324 e. The molecule has 1 atom stereocenters. The summed E-state index contributed by atoms with van der Waals surface area (Å²) >= 11 is 1.40. The van der Waals surface area contributed by atoms with Gasteiger partial charge in [0.2, 0.25) is 5.91 Å². The SMILES string of the molecule is Cc1ccc(-c2csc3ncn(C(C)C(=O)Nc4ccc(F)cc4)c(=O)c23)cc1. The third-order valence-electron chi connectivity index (χ3n) is 4.79. The number of rotatable bonds is 4. The predicted octanol–water partition coefficient (Wildman–Crippen LogP) is 4.77. The van der Waals surface area contributed by atoms with Crippen molar-refractivity contribution in [1.29, 1.82) is 0 Å². The highest BCUT2D eigenvalue weighted by Gasteiger charge is 2.20. The highest BCUT2D eigenvalue weighted by atomic mass is 32.1. The number of aryl methyl sites for hydroxylation is 1. The van der Waals surface area contributed by atoms with Crippen LogP contribution in [0.2, 0.25) is 0 Å². The first-order valence-electron chi connectivity index (χ1n) is 9.06. The fraction of sp³-hybridized carbons (Fsp3) is 0.136. The van der Waals surface area contributed by atoms with Crippen LogP contribution in [0.5, 0.6) is 0 Å². The Labute approximate surface area is 170 Å². The van der Waals surface area contributed by atoms with E-state index in [-0.39, 0.29) is 17.3 Å². The van der Waals surface area contributed by atoms with Gasteiger partial charge in [0.1, 0.15) is 16.7 Å². The average molecular weight is 407 g/mol. The van der Waals surface area contributed by atoms with Crippen LogP contribution >= 0.6 is 11.3 Å². The molecule has 2 aromatic heterocycles. The van der Waals surface area contributed by atoms with Crippen molar-refractivity contribution >= 4 is 33.1 Å². The Hall–Kier alpha value is -3.32. The van der Waals surface area contributed by atoms with Crippen molar-refractivity contribution < 1.29 is 9.18 Å². The van der Waals surface area contributed by atoms with Gasteiger partial charge in [-0.15, -0.1) is 11.3 Å². The molecule has 29 heavy (non-hydrogen) atoms. The molecule has 4 rings (SSSR count). The number of thiophene rings is 1. The first kappa shape index (κ1) is 19.0. The molecule has 0 radical (unpaired) electrons. The van der Waals surface area contributed by atoms with Crippen LogP contribution in [0.15, 0.2) is 65.0 Å². The van der Waals surface area contributed by atoms with Crippen LogP contribution in [0.3, 0.4) is 0 Å². The second kappa shape index (κ2) is 7.60. The summed E-state index contributed by atoms with van der Waals surface area (Å²) in [6, 6.07) is 12.6. The Morgan fingerprint density at radius 1 is 1.14 bits per heavy atom. The van der Waals surface area contributed by atoms with Crippen LogP contribution in [0.1, 0.15) is 18.5 Å². The summed E-state index contributed by atoms with van der Waals surface area (Å²) in [6.45, 7) is 3.64. The van der Waals surface area contributed by atoms with Crippen molar-refractivity contribution in [3.05, 3.63) is 82.0 Å². The zero-order valence-corrected chi connectivity index (χ0v) is 16.7. The lowest BCUT2D eigenvalue weighted by atomic mass is 10.0. The third kappa shape index (κ3) is 3.69. The summed E-state index contributed by atoms with van der Waals surface area (Å²) < 4.78 is 14.4. The third-order valence-corrected chi connectivity index (χ3v) is 5.68. The van der Waals surface area contributed by atoms with Crippen LogP contribution in [-0.2, 0) is 4.79 Å². The molecule has 1 unspecified atom stereocenters. The van der Waals surface area contributed by atoms with E-state index in [0.717, 1.165) is 16.7 Å². The largest absolute Gasteiger partial charge is 0.324 e. The summed E-state index contributed by atoms with van der Waals surface area (Å²) in [5.41, 5.74) is 3.06. The van der Waals surface area contributed by atoms with E-state index in [1.54, 1.807) is 6.92 Å². The zero-order valence-electron chi connectivity index (χ0n) is 15.8. The van der Waals surface area contributed by atoms with Gasteiger partial charge < -0.3 is 5.32 Å². The van der Waals surface area contributed by atoms with Crippen LogP contribution in [0.4, 0.5) is 10.1 Å². The van der Waals surface area contributed by atoms with Crippen LogP contribution in [0.25, 0.3) is 21.3 Å². The van der Waals surface area contributed by atoms with Gasteiger partial charge in [-0.25, -0.2) is 9.37 Å². The molecule has 0 aliphatic rings. The summed E-state index contributed by atoms with van der Waals surface area (Å²) in [5.74, 6) is -0.769. The molecule has 2 aromatic carbocycles. The molecule has 0 saturated heterocycles. The van der Waals surface area contributed by atoms with Crippen LogP contribution in [-0.4, -0.2) is 15.5 Å². The van der Waals surface area contributed by atoms with Crippen molar-refractivity contribution in [2.24, 2.45) is 0 Å². The minimum atomic E-state index is -0.782. The Balaban J connectivity index is 1.70. The van der Waals surface area contributed by atoms with Gasteiger partial charge in [-0.3, -0.25) is 14.2 Å². The van der Waals surface area contributed by atoms with Crippen molar-refractivity contribution in [3.8, 4) is 11.1 Å². The van der Waals surface area contributed by atoms with Crippen LogP contribution < -0.4 is 10.9 Å². The van der Waals surface area contributed by atoms with E-state index >= 15 is 0 Å². The number of hydrogen-bond acceptors (Lipinski definition) is 4. The molecule has 4 aromatic rings. The molecule has 0 fully saturated rings. The number of carbonyl (C=O) groups excluding carboxylic acids is 1. The first-order chi connectivity index (χ1) is 13.9. The molecule has 7 heteroatoms. The smallest absolute Gasteiger partial charge is 0.263 e. The molecular weight excluding hydrogens is 389 g/mol. The van der Waals surface area contributed by atoms with Crippen molar-refractivity contribution in [3.63, 3.8) is 0 Å². The lowest BCUT2D eigenvalue weighted by Crippen LogP contribution is -2.31. The summed E-state index contributed by atoms with van der Waals surface area (Å²) in [7, 11) is 0. The molecular formula is C22H18FN3O2S. The molecule has 0 aliphatic heterocycles. The summed E-state index contributed by atoms with van der Waals surface area (Å²) in [4.78, 5) is 30.8. The number of anilines is 1. The number of amides is 1. The van der Waals surface area contributed by atoms with E-state index < -0.39 is 6.04 Å².